The Hall–Kier alpha value is -1.75. The van der Waals surface area contributed by atoms with Gasteiger partial charge < -0.3 is 15.0 Å². The van der Waals surface area contributed by atoms with E-state index in [0.29, 0.717) is 17.9 Å². The Balaban J connectivity index is 1.39. The molecule has 1 aromatic rings. The fraction of sp³-hybridized carbons (Fsp3) is 0.632. The number of anilines is 1. The van der Waals surface area contributed by atoms with Crippen molar-refractivity contribution in [3.63, 3.8) is 0 Å². The van der Waals surface area contributed by atoms with Crippen LogP contribution in [0.5, 0.6) is 5.75 Å². The van der Waals surface area contributed by atoms with E-state index in [0.717, 1.165) is 30.1 Å². The van der Waals surface area contributed by atoms with Gasteiger partial charge in [-0.15, -0.1) is 0 Å². The van der Waals surface area contributed by atoms with Gasteiger partial charge in [0.1, 0.15) is 5.75 Å². The summed E-state index contributed by atoms with van der Waals surface area (Å²) in [5, 5.41) is 3.06. The van der Waals surface area contributed by atoms with Gasteiger partial charge in [0.15, 0.2) is 0 Å². The van der Waals surface area contributed by atoms with E-state index >= 15 is 0 Å². The average molecular weight is 329 g/mol. The van der Waals surface area contributed by atoms with Crippen LogP contribution in [-0.2, 0) is 0 Å². The van der Waals surface area contributed by atoms with E-state index in [-0.39, 0.29) is 6.03 Å². The monoisotopic (exact) mass is 329 g/mol. The van der Waals surface area contributed by atoms with Gasteiger partial charge in [-0.1, -0.05) is 6.42 Å². The maximum absolute atomic E-state index is 12.6. The molecule has 3 aliphatic heterocycles. The van der Waals surface area contributed by atoms with Crippen LogP contribution in [0.1, 0.15) is 24.8 Å². The summed E-state index contributed by atoms with van der Waals surface area (Å²) >= 11 is 0. The zero-order valence-corrected chi connectivity index (χ0v) is 14.6. The molecule has 5 heteroatoms. The summed E-state index contributed by atoms with van der Waals surface area (Å²) in [5.74, 6) is 2.19. The highest BCUT2D eigenvalue weighted by Gasteiger charge is 2.48. The second kappa shape index (κ2) is 6.28. The third-order valence-electron chi connectivity index (χ3n) is 6.05. The lowest BCUT2D eigenvalue weighted by Crippen LogP contribution is -2.41. The first kappa shape index (κ1) is 15.8. The fourth-order valence-corrected chi connectivity index (χ4v) is 4.88. The lowest BCUT2D eigenvalue weighted by atomic mass is 9.90. The van der Waals surface area contributed by atoms with Crippen LogP contribution in [0.25, 0.3) is 0 Å². The molecule has 0 saturated carbocycles. The van der Waals surface area contributed by atoms with Gasteiger partial charge in [-0.2, -0.15) is 0 Å². The fourth-order valence-electron chi connectivity index (χ4n) is 4.88. The van der Waals surface area contributed by atoms with Crippen LogP contribution >= 0.6 is 0 Å². The van der Waals surface area contributed by atoms with Crippen molar-refractivity contribution >= 4 is 11.7 Å². The lowest BCUT2D eigenvalue weighted by molar-refractivity contribution is 0.157. The molecule has 1 aromatic carbocycles. The maximum Gasteiger partial charge on any atom is 0.321 e. The number of amides is 2. The van der Waals surface area contributed by atoms with Gasteiger partial charge in [-0.25, -0.2) is 4.79 Å². The second-order valence-electron chi connectivity index (χ2n) is 7.50. The number of aryl methyl sites for hydroxylation is 1. The molecule has 0 spiro atoms. The number of benzene rings is 1. The molecule has 3 heterocycles. The molecule has 0 aliphatic carbocycles. The quantitative estimate of drug-likeness (QED) is 0.907. The van der Waals surface area contributed by atoms with Gasteiger partial charge >= 0.3 is 6.03 Å². The number of urea groups is 1. The molecule has 3 unspecified atom stereocenters. The highest BCUT2D eigenvalue weighted by atomic mass is 16.5. The van der Waals surface area contributed by atoms with Crippen molar-refractivity contribution in [2.24, 2.45) is 11.8 Å². The van der Waals surface area contributed by atoms with Gasteiger partial charge in [-0.3, -0.25) is 4.90 Å². The summed E-state index contributed by atoms with van der Waals surface area (Å²) in [4.78, 5) is 17.3. The van der Waals surface area contributed by atoms with Gasteiger partial charge in [0.25, 0.3) is 0 Å². The minimum absolute atomic E-state index is 0.0383. The molecular weight excluding hydrogens is 302 g/mol. The first-order chi connectivity index (χ1) is 11.7. The Morgan fingerprint density at radius 1 is 1.25 bits per heavy atom. The zero-order chi connectivity index (χ0) is 16.7. The number of nitrogens with one attached hydrogen (secondary N) is 1. The van der Waals surface area contributed by atoms with Crippen molar-refractivity contribution in [3.05, 3.63) is 23.8 Å². The normalized spacial score (nSPS) is 29.2. The molecule has 3 fully saturated rings. The highest BCUT2D eigenvalue weighted by Crippen LogP contribution is 2.40. The van der Waals surface area contributed by atoms with Gasteiger partial charge in [0.05, 0.1) is 7.11 Å². The van der Waals surface area contributed by atoms with Gasteiger partial charge in [-0.05, 0) is 61.9 Å². The van der Waals surface area contributed by atoms with E-state index in [1.54, 1.807) is 7.11 Å². The van der Waals surface area contributed by atoms with E-state index < -0.39 is 0 Å². The molecule has 3 saturated heterocycles. The number of likely N-dealkylation sites (tertiary alicyclic amines) is 1. The molecule has 4 rings (SSSR count). The number of carbonyl (C=O) groups excluding carboxylic acids is 1. The number of hydrogen-bond donors (Lipinski definition) is 1. The van der Waals surface area contributed by atoms with Crippen molar-refractivity contribution in [1.82, 2.24) is 9.80 Å². The number of fused-ring (bicyclic) bond motifs is 3. The number of nitrogens with zero attached hydrogens (tertiary/aromatic N) is 2. The number of methoxy groups -OCH3 is 1. The predicted molar refractivity (Wildman–Crippen MR) is 94.5 cm³/mol. The lowest BCUT2D eigenvalue weighted by Gasteiger charge is -2.33. The Morgan fingerprint density at radius 2 is 2.12 bits per heavy atom. The molecule has 3 atom stereocenters. The van der Waals surface area contributed by atoms with Crippen molar-refractivity contribution in [3.8, 4) is 5.75 Å². The van der Waals surface area contributed by atoms with E-state index in [2.05, 4.69) is 10.2 Å². The van der Waals surface area contributed by atoms with Crippen LogP contribution in [-0.4, -0.2) is 55.2 Å². The Labute approximate surface area is 144 Å². The van der Waals surface area contributed by atoms with Crippen LogP contribution in [0.2, 0.25) is 0 Å². The molecule has 3 aliphatic rings. The minimum atomic E-state index is 0.0383. The third-order valence-corrected chi connectivity index (χ3v) is 6.05. The summed E-state index contributed by atoms with van der Waals surface area (Å²) in [6.45, 7) is 6.24. The third kappa shape index (κ3) is 2.75. The molecule has 130 valence electrons. The smallest absolute Gasteiger partial charge is 0.321 e. The topological polar surface area (TPSA) is 44.8 Å². The predicted octanol–water partition coefficient (Wildman–Crippen LogP) is 2.95. The van der Waals surface area contributed by atoms with Crippen LogP contribution in [0.15, 0.2) is 18.2 Å². The number of carbonyl (C=O) groups is 1. The van der Waals surface area contributed by atoms with Gasteiger partial charge in [0.2, 0.25) is 0 Å². The summed E-state index contributed by atoms with van der Waals surface area (Å²) in [6.07, 6.45) is 4.01. The van der Waals surface area contributed by atoms with E-state index in [1.807, 2.05) is 30.0 Å². The molecular formula is C19H27N3O2. The summed E-state index contributed by atoms with van der Waals surface area (Å²) < 4.78 is 5.28. The van der Waals surface area contributed by atoms with Crippen molar-refractivity contribution < 1.29 is 9.53 Å². The van der Waals surface area contributed by atoms with Crippen LogP contribution < -0.4 is 10.1 Å². The SMILES string of the molecule is COc1ccc(NC(=O)N2CC3CN4CCCCC4C3C2)cc1C. The second-order valence-corrected chi connectivity index (χ2v) is 7.50. The van der Waals surface area contributed by atoms with E-state index in [1.165, 1.54) is 32.4 Å². The molecule has 0 aromatic heterocycles. The van der Waals surface area contributed by atoms with Crippen molar-refractivity contribution in [2.45, 2.75) is 32.2 Å². The molecule has 2 amide bonds. The summed E-state index contributed by atoms with van der Waals surface area (Å²) in [6, 6.07) is 6.53. The number of ether oxygens (including phenoxy) is 1. The highest BCUT2D eigenvalue weighted by molar-refractivity contribution is 5.89. The standard InChI is InChI=1S/C19H27N3O2/c1-13-9-15(6-7-18(13)24-2)20-19(23)22-11-14-10-21-8-4-3-5-17(21)16(14)12-22/h6-7,9,14,16-17H,3-5,8,10-12H2,1-2H3,(H,20,23). The Bertz CT molecular complexity index is 633. The van der Waals surface area contributed by atoms with Crippen molar-refractivity contribution in [2.75, 3.05) is 38.6 Å². The molecule has 24 heavy (non-hydrogen) atoms. The van der Waals surface area contributed by atoms with Crippen molar-refractivity contribution in [1.29, 1.82) is 0 Å². The Morgan fingerprint density at radius 3 is 2.92 bits per heavy atom. The number of hydrogen-bond acceptors (Lipinski definition) is 3. The summed E-state index contributed by atoms with van der Waals surface area (Å²) in [7, 11) is 1.66. The first-order valence-corrected chi connectivity index (χ1v) is 9.10. The van der Waals surface area contributed by atoms with E-state index in [4.69, 9.17) is 4.74 Å². The number of rotatable bonds is 2. The number of piperidine rings is 1. The minimum Gasteiger partial charge on any atom is -0.496 e. The first-order valence-electron chi connectivity index (χ1n) is 9.10. The van der Waals surface area contributed by atoms with Crippen LogP contribution in [0.3, 0.4) is 0 Å². The molecule has 0 bridgehead atoms. The van der Waals surface area contributed by atoms with E-state index in [9.17, 15) is 4.79 Å². The van der Waals surface area contributed by atoms with Crippen LogP contribution in [0, 0.1) is 18.8 Å². The molecule has 5 nitrogen and oxygen atoms in total. The Kier molecular flexibility index (Phi) is 4.12. The molecule has 0 radical (unpaired) electrons. The molecule has 1 N–H and O–H groups in total. The average Bonchev–Trinajstić information content (AvgIpc) is 3.13. The summed E-state index contributed by atoms with van der Waals surface area (Å²) in [5.41, 5.74) is 1.88. The zero-order valence-electron chi connectivity index (χ0n) is 14.6. The van der Waals surface area contributed by atoms with Gasteiger partial charge in [0, 0.05) is 31.4 Å². The maximum atomic E-state index is 12.6. The van der Waals surface area contributed by atoms with Crippen LogP contribution in [0.4, 0.5) is 10.5 Å². The largest absolute Gasteiger partial charge is 0.496 e.